The Balaban J connectivity index is 1.55. The number of nitrogens with zero attached hydrogens (tertiary/aromatic N) is 4. The standard InChI is InChI=1S/C19H19N5O/c1-24(11-10-13-6-5-7-14(12-13)25-2)19-21-18-17(22-23-19)15-8-3-4-9-16(15)20-18/h3-9,12H,10-11H2,1-2H3,(H,20,21,23). The van der Waals surface area contributed by atoms with E-state index < -0.39 is 0 Å². The van der Waals surface area contributed by atoms with Crippen LogP contribution in [-0.2, 0) is 6.42 Å². The highest BCUT2D eigenvalue weighted by atomic mass is 16.5. The molecule has 0 atom stereocenters. The monoisotopic (exact) mass is 333 g/mol. The van der Waals surface area contributed by atoms with Crippen LogP contribution in [0.4, 0.5) is 5.95 Å². The summed E-state index contributed by atoms with van der Waals surface area (Å²) in [5.41, 5.74) is 3.81. The maximum Gasteiger partial charge on any atom is 0.247 e. The summed E-state index contributed by atoms with van der Waals surface area (Å²) in [6.07, 6.45) is 0.877. The highest BCUT2D eigenvalue weighted by Gasteiger charge is 2.11. The Morgan fingerprint density at radius 2 is 1.96 bits per heavy atom. The van der Waals surface area contributed by atoms with E-state index in [1.807, 2.05) is 54.4 Å². The zero-order valence-electron chi connectivity index (χ0n) is 14.2. The van der Waals surface area contributed by atoms with Crippen molar-refractivity contribution in [2.45, 2.75) is 6.42 Å². The molecule has 0 amide bonds. The summed E-state index contributed by atoms with van der Waals surface area (Å²) >= 11 is 0. The minimum Gasteiger partial charge on any atom is -0.497 e. The molecule has 2 aromatic heterocycles. The third-order valence-electron chi connectivity index (χ3n) is 4.32. The number of nitrogens with one attached hydrogen (secondary N) is 1. The number of aromatic nitrogens is 4. The maximum absolute atomic E-state index is 5.27. The number of hydrogen-bond donors (Lipinski definition) is 1. The summed E-state index contributed by atoms with van der Waals surface area (Å²) in [4.78, 5) is 9.95. The first-order valence-electron chi connectivity index (χ1n) is 8.20. The zero-order chi connectivity index (χ0) is 17.2. The van der Waals surface area contributed by atoms with Crippen LogP contribution in [0.1, 0.15) is 5.56 Å². The van der Waals surface area contributed by atoms with E-state index >= 15 is 0 Å². The normalized spacial score (nSPS) is 11.1. The molecule has 6 nitrogen and oxygen atoms in total. The first kappa shape index (κ1) is 15.4. The van der Waals surface area contributed by atoms with E-state index in [2.05, 4.69) is 26.2 Å². The number of rotatable bonds is 5. The van der Waals surface area contributed by atoms with Crippen LogP contribution in [0.15, 0.2) is 48.5 Å². The molecule has 6 heteroatoms. The lowest BCUT2D eigenvalue weighted by Gasteiger charge is -2.16. The lowest BCUT2D eigenvalue weighted by molar-refractivity contribution is 0.414. The van der Waals surface area contributed by atoms with E-state index in [9.17, 15) is 0 Å². The molecule has 4 rings (SSSR count). The molecule has 0 saturated carbocycles. The van der Waals surface area contributed by atoms with Gasteiger partial charge in [0.2, 0.25) is 5.95 Å². The van der Waals surface area contributed by atoms with E-state index in [1.165, 1.54) is 5.56 Å². The smallest absolute Gasteiger partial charge is 0.247 e. The number of methoxy groups -OCH3 is 1. The van der Waals surface area contributed by atoms with E-state index in [0.717, 1.165) is 40.8 Å². The molecular weight excluding hydrogens is 314 g/mol. The molecule has 2 aromatic carbocycles. The van der Waals surface area contributed by atoms with Crippen molar-refractivity contribution >= 4 is 28.0 Å². The highest BCUT2D eigenvalue weighted by Crippen LogP contribution is 2.22. The van der Waals surface area contributed by atoms with Gasteiger partial charge in [0.25, 0.3) is 0 Å². The predicted molar refractivity (Wildman–Crippen MR) is 99.2 cm³/mol. The van der Waals surface area contributed by atoms with Crippen molar-refractivity contribution in [3.63, 3.8) is 0 Å². The molecule has 0 unspecified atom stereocenters. The quantitative estimate of drug-likeness (QED) is 0.607. The number of likely N-dealkylation sites (N-methyl/N-ethyl adjacent to an activating group) is 1. The third-order valence-corrected chi connectivity index (χ3v) is 4.32. The third kappa shape index (κ3) is 2.98. The van der Waals surface area contributed by atoms with Gasteiger partial charge in [-0.15, -0.1) is 10.2 Å². The topological polar surface area (TPSA) is 66.9 Å². The number of anilines is 1. The van der Waals surface area contributed by atoms with Gasteiger partial charge in [0.15, 0.2) is 5.65 Å². The summed E-state index contributed by atoms with van der Waals surface area (Å²) in [5.74, 6) is 1.49. The summed E-state index contributed by atoms with van der Waals surface area (Å²) < 4.78 is 5.27. The van der Waals surface area contributed by atoms with Crippen LogP contribution in [0, 0.1) is 0 Å². The van der Waals surface area contributed by atoms with E-state index in [-0.39, 0.29) is 0 Å². The number of benzene rings is 2. The van der Waals surface area contributed by atoms with Gasteiger partial charge in [-0.1, -0.05) is 30.3 Å². The Kier molecular flexibility index (Phi) is 3.93. The highest BCUT2D eigenvalue weighted by molar-refractivity contribution is 6.03. The molecule has 2 heterocycles. The first-order valence-corrected chi connectivity index (χ1v) is 8.20. The van der Waals surface area contributed by atoms with Crippen LogP contribution in [0.2, 0.25) is 0 Å². The van der Waals surface area contributed by atoms with Gasteiger partial charge in [0, 0.05) is 24.5 Å². The molecule has 4 aromatic rings. The molecule has 0 bridgehead atoms. The van der Waals surface area contributed by atoms with Crippen LogP contribution in [0.3, 0.4) is 0 Å². The summed E-state index contributed by atoms with van der Waals surface area (Å²) in [7, 11) is 3.66. The van der Waals surface area contributed by atoms with Crippen LogP contribution in [0.25, 0.3) is 22.1 Å². The minimum atomic E-state index is 0.613. The van der Waals surface area contributed by atoms with Crippen molar-refractivity contribution in [1.82, 2.24) is 20.2 Å². The number of ether oxygens (including phenoxy) is 1. The Bertz CT molecular complexity index is 1030. The fraction of sp³-hybridized carbons (Fsp3) is 0.211. The van der Waals surface area contributed by atoms with Gasteiger partial charge >= 0.3 is 0 Å². The second-order valence-electron chi connectivity index (χ2n) is 6.00. The number of hydrogen-bond acceptors (Lipinski definition) is 5. The molecule has 1 N–H and O–H groups in total. The summed E-state index contributed by atoms with van der Waals surface area (Å²) in [6.45, 7) is 0.792. The number of aromatic amines is 1. The molecule has 25 heavy (non-hydrogen) atoms. The van der Waals surface area contributed by atoms with Crippen molar-refractivity contribution in [1.29, 1.82) is 0 Å². The van der Waals surface area contributed by atoms with E-state index in [4.69, 9.17) is 4.74 Å². The van der Waals surface area contributed by atoms with Gasteiger partial charge in [-0.3, -0.25) is 0 Å². The average molecular weight is 333 g/mol. The number of H-pyrrole nitrogens is 1. The molecule has 0 aliphatic carbocycles. The van der Waals surface area contributed by atoms with Crippen LogP contribution < -0.4 is 9.64 Å². The van der Waals surface area contributed by atoms with Crippen LogP contribution >= 0.6 is 0 Å². The number of fused-ring (bicyclic) bond motifs is 3. The maximum atomic E-state index is 5.27. The van der Waals surface area contributed by atoms with E-state index in [0.29, 0.717) is 5.95 Å². The van der Waals surface area contributed by atoms with Crippen molar-refractivity contribution < 1.29 is 4.74 Å². The lowest BCUT2D eigenvalue weighted by Crippen LogP contribution is -2.23. The van der Waals surface area contributed by atoms with Gasteiger partial charge in [0.05, 0.1) is 7.11 Å². The lowest BCUT2D eigenvalue weighted by atomic mass is 10.1. The predicted octanol–water partition coefficient (Wildman–Crippen LogP) is 3.19. The minimum absolute atomic E-state index is 0.613. The average Bonchev–Trinajstić information content (AvgIpc) is 3.04. The van der Waals surface area contributed by atoms with Crippen molar-refractivity contribution in [2.75, 3.05) is 25.6 Å². The van der Waals surface area contributed by atoms with Crippen LogP contribution in [0.5, 0.6) is 5.75 Å². The second-order valence-corrected chi connectivity index (χ2v) is 6.00. The second kappa shape index (κ2) is 6.39. The van der Waals surface area contributed by atoms with Gasteiger partial charge < -0.3 is 14.6 Å². The fourth-order valence-electron chi connectivity index (χ4n) is 2.90. The molecular formula is C19H19N5O. The van der Waals surface area contributed by atoms with Crippen molar-refractivity contribution in [3.05, 3.63) is 54.1 Å². The Hall–Kier alpha value is -3.15. The summed E-state index contributed by atoms with van der Waals surface area (Å²) in [6, 6.07) is 16.1. The Morgan fingerprint density at radius 1 is 1.08 bits per heavy atom. The van der Waals surface area contributed by atoms with Crippen molar-refractivity contribution in [2.24, 2.45) is 0 Å². The fourth-order valence-corrected chi connectivity index (χ4v) is 2.90. The molecule has 0 saturated heterocycles. The molecule has 0 aliphatic rings. The Morgan fingerprint density at radius 3 is 2.84 bits per heavy atom. The van der Waals surface area contributed by atoms with E-state index in [1.54, 1.807) is 7.11 Å². The van der Waals surface area contributed by atoms with Crippen molar-refractivity contribution in [3.8, 4) is 5.75 Å². The largest absolute Gasteiger partial charge is 0.497 e. The molecule has 0 aliphatic heterocycles. The number of para-hydroxylation sites is 1. The zero-order valence-corrected chi connectivity index (χ0v) is 14.2. The van der Waals surface area contributed by atoms with Gasteiger partial charge in [-0.25, -0.2) is 0 Å². The molecule has 0 spiro atoms. The van der Waals surface area contributed by atoms with Crippen LogP contribution in [-0.4, -0.2) is 40.9 Å². The summed E-state index contributed by atoms with van der Waals surface area (Å²) in [5, 5.41) is 9.71. The first-order chi connectivity index (χ1) is 12.2. The SMILES string of the molecule is COc1cccc(CCN(C)c2nnc3c(n2)[nH]c2ccccc23)c1. The van der Waals surface area contributed by atoms with Gasteiger partial charge in [0.1, 0.15) is 11.3 Å². The molecule has 126 valence electrons. The molecule has 0 fully saturated rings. The Labute approximate surface area is 145 Å². The van der Waals surface area contributed by atoms with Gasteiger partial charge in [-0.05, 0) is 30.2 Å². The molecule has 0 radical (unpaired) electrons. The van der Waals surface area contributed by atoms with Gasteiger partial charge in [-0.2, -0.15) is 4.98 Å².